The number of hydrogen-bond acceptors (Lipinski definition) is 8. The Morgan fingerprint density at radius 1 is 0.583 bits per heavy atom. The van der Waals surface area contributed by atoms with E-state index < -0.39 is 23.9 Å². The predicted molar refractivity (Wildman–Crippen MR) is 82.7 cm³/mol. The molecule has 0 spiro atoms. The summed E-state index contributed by atoms with van der Waals surface area (Å²) in [7, 11) is 0. The first kappa shape index (κ1) is 21.4. The van der Waals surface area contributed by atoms with Gasteiger partial charge in [-0.3, -0.25) is 0 Å². The molecule has 0 aromatic heterocycles. The van der Waals surface area contributed by atoms with Crippen LogP contribution in [-0.4, -0.2) is 50.3 Å². The van der Waals surface area contributed by atoms with Gasteiger partial charge in [0.05, 0.1) is 26.4 Å². The van der Waals surface area contributed by atoms with Crippen molar-refractivity contribution >= 4 is 23.9 Å². The average molecular weight is 342 g/mol. The standard InChI is InChI=1S/C16H22O8/c1-11(2)13(17)21-7-5-9-23-15(19)16(20)24-10-6-8-22-14(18)12(3)4/h1,3,5-10H2,2,4H3. The second kappa shape index (κ2) is 11.9. The van der Waals surface area contributed by atoms with Crippen LogP contribution in [0.2, 0.25) is 0 Å². The lowest BCUT2D eigenvalue weighted by molar-refractivity contribution is -0.168. The minimum atomic E-state index is -1.14. The Kier molecular flexibility index (Phi) is 10.6. The van der Waals surface area contributed by atoms with Gasteiger partial charge < -0.3 is 18.9 Å². The highest BCUT2D eigenvalue weighted by Gasteiger charge is 2.17. The Balaban J connectivity index is 3.68. The van der Waals surface area contributed by atoms with Crippen molar-refractivity contribution in [3.8, 4) is 0 Å². The Hall–Kier alpha value is -2.64. The van der Waals surface area contributed by atoms with Crippen molar-refractivity contribution in [2.24, 2.45) is 0 Å². The van der Waals surface area contributed by atoms with Gasteiger partial charge in [-0.15, -0.1) is 0 Å². The monoisotopic (exact) mass is 342 g/mol. The topological polar surface area (TPSA) is 105 Å². The fraction of sp³-hybridized carbons (Fsp3) is 0.500. The lowest BCUT2D eigenvalue weighted by Gasteiger charge is -2.07. The van der Waals surface area contributed by atoms with Gasteiger partial charge in [0.25, 0.3) is 0 Å². The molecule has 134 valence electrons. The van der Waals surface area contributed by atoms with E-state index in [9.17, 15) is 19.2 Å². The first-order valence-corrected chi connectivity index (χ1v) is 7.24. The van der Waals surface area contributed by atoms with Crippen molar-refractivity contribution in [3.05, 3.63) is 24.3 Å². The van der Waals surface area contributed by atoms with Gasteiger partial charge >= 0.3 is 23.9 Å². The maximum atomic E-state index is 11.3. The van der Waals surface area contributed by atoms with Crippen LogP contribution < -0.4 is 0 Å². The van der Waals surface area contributed by atoms with Crippen LogP contribution in [0.15, 0.2) is 24.3 Å². The molecule has 0 aliphatic rings. The van der Waals surface area contributed by atoms with Crippen LogP contribution in [0.1, 0.15) is 26.7 Å². The summed E-state index contributed by atoms with van der Waals surface area (Å²) >= 11 is 0. The molecule has 0 bridgehead atoms. The Labute approximate surface area is 140 Å². The van der Waals surface area contributed by atoms with Gasteiger partial charge in [-0.25, -0.2) is 19.2 Å². The molecule has 8 nitrogen and oxygen atoms in total. The molecule has 0 atom stereocenters. The Morgan fingerprint density at radius 2 is 0.833 bits per heavy atom. The third-order valence-electron chi connectivity index (χ3n) is 2.37. The highest BCUT2D eigenvalue weighted by atomic mass is 16.6. The summed E-state index contributed by atoms with van der Waals surface area (Å²) < 4.78 is 18.9. The molecule has 0 aromatic carbocycles. The van der Waals surface area contributed by atoms with Crippen LogP contribution in [0.5, 0.6) is 0 Å². The predicted octanol–water partition coefficient (Wildman–Crippen LogP) is 1.09. The van der Waals surface area contributed by atoms with E-state index in [0.29, 0.717) is 0 Å². The summed E-state index contributed by atoms with van der Waals surface area (Å²) in [6.07, 6.45) is 0.490. The number of hydrogen-bond donors (Lipinski definition) is 0. The third kappa shape index (κ3) is 10.1. The summed E-state index contributed by atoms with van der Waals surface area (Å²) in [6, 6.07) is 0. The third-order valence-corrected chi connectivity index (χ3v) is 2.37. The van der Waals surface area contributed by atoms with Crippen LogP contribution in [0.3, 0.4) is 0 Å². The molecular formula is C16H22O8. The molecule has 0 aliphatic heterocycles. The van der Waals surface area contributed by atoms with Crippen LogP contribution >= 0.6 is 0 Å². The minimum absolute atomic E-state index is 0.0438. The molecule has 0 amide bonds. The van der Waals surface area contributed by atoms with Gasteiger partial charge in [-0.2, -0.15) is 0 Å². The largest absolute Gasteiger partial charge is 0.462 e. The minimum Gasteiger partial charge on any atom is -0.462 e. The van der Waals surface area contributed by atoms with Crippen molar-refractivity contribution in [2.45, 2.75) is 26.7 Å². The molecule has 0 saturated heterocycles. The zero-order valence-corrected chi connectivity index (χ0v) is 13.9. The zero-order chi connectivity index (χ0) is 18.5. The van der Waals surface area contributed by atoms with E-state index in [1.54, 1.807) is 0 Å². The first-order chi connectivity index (χ1) is 11.3. The summed E-state index contributed by atoms with van der Waals surface area (Å²) in [6.45, 7) is 9.76. The van der Waals surface area contributed by atoms with E-state index in [2.05, 4.69) is 22.6 Å². The van der Waals surface area contributed by atoms with E-state index in [0.717, 1.165) is 0 Å². The van der Waals surface area contributed by atoms with Crippen molar-refractivity contribution < 1.29 is 38.1 Å². The van der Waals surface area contributed by atoms with Crippen molar-refractivity contribution in [2.75, 3.05) is 26.4 Å². The molecular weight excluding hydrogens is 320 g/mol. The summed E-state index contributed by atoms with van der Waals surface area (Å²) in [4.78, 5) is 44.7. The molecule has 0 aromatic rings. The van der Waals surface area contributed by atoms with E-state index in [1.807, 2.05) is 0 Å². The lowest BCUT2D eigenvalue weighted by atomic mass is 10.4. The molecule has 0 fully saturated rings. The smallest absolute Gasteiger partial charge is 0.417 e. The maximum absolute atomic E-state index is 11.3. The van der Waals surface area contributed by atoms with Gasteiger partial charge in [0, 0.05) is 24.0 Å². The fourth-order valence-corrected chi connectivity index (χ4v) is 1.14. The van der Waals surface area contributed by atoms with Gasteiger partial charge in [0.15, 0.2) is 0 Å². The quantitative estimate of drug-likeness (QED) is 0.191. The lowest BCUT2D eigenvalue weighted by Crippen LogP contribution is -2.22. The van der Waals surface area contributed by atoms with Crippen molar-refractivity contribution in [1.29, 1.82) is 0 Å². The van der Waals surface area contributed by atoms with E-state index in [1.165, 1.54) is 13.8 Å². The van der Waals surface area contributed by atoms with E-state index in [4.69, 9.17) is 9.47 Å². The molecule has 8 heteroatoms. The Morgan fingerprint density at radius 3 is 1.08 bits per heavy atom. The maximum Gasteiger partial charge on any atom is 0.417 e. The molecule has 0 aliphatic carbocycles. The number of ether oxygens (including phenoxy) is 4. The highest BCUT2D eigenvalue weighted by Crippen LogP contribution is 1.96. The highest BCUT2D eigenvalue weighted by molar-refractivity contribution is 6.29. The number of carbonyl (C=O) groups excluding carboxylic acids is 4. The molecule has 24 heavy (non-hydrogen) atoms. The van der Waals surface area contributed by atoms with Gasteiger partial charge in [0.1, 0.15) is 0 Å². The second-order valence-corrected chi connectivity index (χ2v) is 4.81. The normalized spacial score (nSPS) is 9.58. The molecule has 0 heterocycles. The summed E-state index contributed by atoms with van der Waals surface area (Å²) in [5, 5.41) is 0. The molecule has 0 radical (unpaired) electrons. The zero-order valence-electron chi connectivity index (χ0n) is 13.9. The van der Waals surface area contributed by atoms with Crippen LogP contribution in [-0.2, 0) is 38.1 Å². The molecule has 0 saturated carbocycles. The van der Waals surface area contributed by atoms with Crippen LogP contribution in [0.25, 0.3) is 0 Å². The van der Waals surface area contributed by atoms with Crippen molar-refractivity contribution in [1.82, 2.24) is 0 Å². The van der Waals surface area contributed by atoms with E-state index >= 15 is 0 Å². The second-order valence-electron chi connectivity index (χ2n) is 4.81. The molecule has 0 rings (SSSR count). The van der Waals surface area contributed by atoms with E-state index in [-0.39, 0.29) is 50.4 Å². The van der Waals surface area contributed by atoms with Crippen LogP contribution in [0, 0.1) is 0 Å². The van der Waals surface area contributed by atoms with Crippen LogP contribution in [0.4, 0.5) is 0 Å². The van der Waals surface area contributed by atoms with Crippen molar-refractivity contribution in [3.63, 3.8) is 0 Å². The number of rotatable bonds is 10. The number of carbonyl (C=O) groups is 4. The molecule has 0 unspecified atom stereocenters. The first-order valence-electron chi connectivity index (χ1n) is 7.24. The fourth-order valence-electron chi connectivity index (χ4n) is 1.14. The van der Waals surface area contributed by atoms with Gasteiger partial charge in [-0.05, 0) is 13.8 Å². The number of esters is 4. The average Bonchev–Trinajstić information content (AvgIpc) is 2.52. The summed E-state index contributed by atoms with van der Waals surface area (Å²) in [5.74, 6) is -3.35. The van der Waals surface area contributed by atoms with Gasteiger partial charge in [-0.1, -0.05) is 13.2 Å². The SMILES string of the molecule is C=C(C)C(=O)OCCCOC(=O)C(=O)OCCCOC(=O)C(=C)C. The molecule has 0 N–H and O–H groups in total. The van der Waals surface area contributed by atoms with Gasteiger partial charge in [0.2, 0.25) is 0 Å². The Bertz CT molecular complexity index is 460. The summed E-state index contributed by atoms with van der Waals surface area (Å²) in [5.41, 5.74) is 0.536.